The molecule has 0 aliphatic heterocycles. The second kappa shape index (κ2) is 5.52. The summed E-state index contributed by atoms with van der Waals surface area (Å²) in [6, 6.07) is 0.505. The van der Waals surface area contributed by atoms with Crippen LogP contribution in [0, 0.1) is 5.92 Å². The Bertz CT molecular complexity index is 309. The van der Waals surface area contributed by atoms with E-state index in [1.54, 1.807) is 6.20 Å². The predicted molar refractivity (Wildman–Crippen MR) is 64.0 cm³/mol. The summed E-state index contributed by atoms with van der Waals surface area (Å²) in [4.78, 5) is 4.24. The molecule has 0 saturated carbocycles. The van der Waals surface area contributed by atoms with Gasteiger partial charge in [-0.3, -0.25) is 0 Å². The molecule has 4 heteroatoms. The van der Waals surface area contributed by atoms with Crippen LogP contribution in [-0.4, -0.2) is 15.6 Å². The molecule has 0 aromatic carbocycles. The van der Waals surface area contributed by atoms with E-state index in [1.165, 1.54) is 6.42 Å². The van der Waals surface area contributed by atoms with E-state index < -0.39 is 0 Å². The van der Waals surface area contributed by atoms with Crippen LogP contribution >= 0.6 is 11.6 Å². The van der Waals surface area contributed by atoms with Crippen molar-refractivity contribution in [2.75, 3.05) is 0 Å². The van der Waals surface area contributed by atoms with Gasteiger partial charge in [0.15, 0.2) is 0 Å². The summed E-state index contributed by atoms with van der Waals surface area (Å²) in [5, 5.41) is 4.15. The lowest BCUT2D eigenvalue weighted by Crippen LogP contribution is -2.32. The third-order valence-electron chi connectivity index (χ3n) is 3.11. The molecule has 0 spiro atoms. The number of imidazole rings is 1. The van der Waals surface area contributed by atoms with E-state index in [9.17, 15) is 0 Å². The summed E-state index contributed by atoms with van der Waals surface area (Å²) in [7, 11) is 1.93. The fraction of sp³-hybridized carbons (Fsp3) is 0.727. The van der Waals surface area contributed by atoms with Crippen LogP contribution in [0.2, 0.25) is 5.15 Å². The molecular weight excluding hydrogens is 210 g/mol. The van der Waals surface area contributed by atoms with E-state index in [0.717, 1.165) is 12.4 Å². The third-order valence-corrected chi connectivity index (χ3v) is 3.46. The van der Waals surface area contributed by atoms with Gasteiger partial charge in [-0.15, -0.1) is 0 Å². The number of nitrogens with zero attached hydrogens (tertiary/aromatic N) is 2. The van der Waals surface area contributed by atoms with Gasteiger partial charge in [-0.05, 0) is 12.8 Å². The first-order valence-corrected chi connectivity index (χ1v) is 5.83. The molecule has 86 valence electrons. The van der Waals surface area contributed by atoms with Crippen molar-refractivity contribution in [3.8, 4) is 0 Å². The minimum atomic E-state index is 0.505. The maximum Gasteiger partial charge on any atom is 0.128 e. The van der Waals surface area contributed by atoms with Gasteiger partial charge in [0, 0.05) is 13.1 Å². The highest BCUT2D eigenvalue weighted by atomic mass is 35.5. The van der Waals surface area contributed by atoms with Crippen molar-refractivity contribution in [2.24, 2.45) is 13.0 Å². The van der Waals surface area contributed by atoms with Crippen molar-refractivity contribution in [2.45, 2.75) is 39.8 Å². The highest BCUT2D eigenvalue weighted by Gasteiger charge is 2.11. The summed E-state index contributed by atoms with van der Waals surface area (Å²) >= 11 is 5.91. The molecule has 0 aliphatic rings. The molecule has 0 fully saturated rings. The first-order valence-electron chi connectivity index (χ1n) is 5.45. The van der Waals surface area contributed by atoms with Crippen molar-refractivity contribution in [1.29, 1.82) is 0 Å². The minimum Gasteiger partial charge on any atom is -0.321 e. The maximum absolute atomic E-state index is 5.91. The molecule has 0 saturated heterocycles. The lowest BCUT2D eigenvalue weighted by atomic mass is 10.0. The van der Waals surface area contributed by atoms with Crippen LogP contribution in [0.15, 0.2) is 6.20 Å². The molecule has 1 N–H and O–H groups in total. The Kier molecular flexibility index (Phi) is 4.61. The smallest absolute Gasteiger partial charge is 0.128 e. The van der Waals surface area contributed by atoms with Crippen molar-refractivity contribution < 1.29 is 0 Å². The predicted octanol–water partition coefficient (Wildman–Crippen LogP) is 2.60. The van der Waals surface area contributed by atoms with Crippen LogP contribution in [0.4, 0.5) is 0 Å². The van der Waals surface area contributed by atoms with Gasteiger partial charge in [0.05, 0.1) is 12.7 Å². The molecule has 2 atom stereocenters. The second-order valence-electron chi connectivity index (χ2n) is 4.11. The third kappa shape index (κ3) is 3.21. The molecule has 1 rings (SSSR count). The zero-order valence-electron chi connectivity index (χ0n) is 9.92. The van der Waals surface area contributed by atoms with Crippen LogP contribution in [0.25, 0.3) is 0 Å². The van der Waals surface area contributed by atoms with Crippen LogP contribution in [0.3, 0.4) is 0 Å². The molecule has 0 amide bonds. The molecular formula is C11H20ClN3. The first kappa shape index (κ1) is 12.5. The molecule has 1 aromatic rings. The van der Waals surface area contributed by atoms with Crippen molar-refractivity contribution in [3.63, 3.8) is 0 Å². The lowest BCUT2D eigenvalue weighted by Gasteiger charge is -2.19. The van der Waals surface area contributed by atoms with E-state index in [-0.39, 0.29) is 0 Å². The summed E-state index contributed by atoms with van der Waals surface area (Å²) in [5.41, 5.74) is 0. The Morgan fingerprint density at radius 1 is 1.53 bits per heavy atom. The Morgan fingerprint density at radius 3 is 2.67 bits per heavy atom. The molecule has 1 heterocycles. The van der Waals surface area contributed by atoms with Gasteiger partial charge in [-0.1, -0.05) is 31.9 Å². The zero-order chi connectivity index (χ0) is 11.4. The highest BCUT2D eigenvalue weighted by molar-refractivity contribution is 6.29. The molecule has 15 heavy (non-hydrogen) atoms. The second-order valence-corrected chi connectivity index (χ2v) is 4.50. The van der Waals surface area contributed by atoms with Gasteiger partial charge in [-0.25, -0.2) is 4.98 Å². The largest absolute Gasteiger partial charge is 0.321 e. The molecule has 0 aliphatic carbocycles. The fourth-order valence-electron chi connectivity index (χ4n) is 1.40. The average molecular weight is 230 g/mol. The topological polar surface area (TPSA) is 29.9 Å². The Balaban J connectivity index is 2.47. The Morgan fingerprint density at radius 2 is 2.20 bits per heavy atom. The van der Waals surface area contributed by atoms with Gasteiger partial charge in [0.25, 0.3) is 0 Å². The van der Waals surface area contributed by atoms with E-state index in [4.69, 9.17) is 11.6 Å². The quantitative estimate of drug-likeness (QED) is 0.841. The van der Waals surface area contributed by atoms with E-state index in [2.05, 4.69) is 31.1 Å². The van der Waals surface area contributed by atoms with Gasteiger partial charge >= 0.3 is 0 Å². The first-order chi connectivity index (χ1) is 7.06. The van der Waals surface area contributed by atoms with Gasteiger partial charge < -0.3 is 9.88 Å². The molecule has 0 radical (unpaired) electrons. The number of rotatable bonds is 5. The summed E-state index contributed by atoms with van der Waals surface area (Å²) in [5.74, 6) is 1.66. The summed E-state index contributed by atoms with van der Waals surface area (Å²) < 4.78 is 1.90. The van der Waals surface area contributed by atoms with Crippen LogP contribution in [-0.2, 0) is 13.6 Å². The number of nitrogens with one attached hydrogen (secondary N) is 1. The van der Waals surface area contributed by atoms with Crippen molar-refractivity contribution in [1.82, 2.24) is 14.9 Å². The van der Waals surface area contributed by atoms with Gasteiger partial charge in [0.2, 0.25) is 0 Å². The van der Waals surface area contributed by atoms with Crippen LogP contribution in [0.5, 0.6) is 0 Å². The van der Waals surface area contributed by atoms with Crippen molar-refractivity contribution >= 4 is 11.6 Å². The number of halogens is 1. The standard InChI is InChI=1S/C11H20ClN3/c1-5-8(2)9(3)13-7-11-14-6-10(12)15(11)4/h6,8-9,13H,5,7H2,1-4H3. The number of aromatic nitrogens is 2. The monoisotopic (exact) mass is 229 g/mol. The summed E-state index contributed by atoms with van der Waals surface area (Å²) in [6.07, 6.45) is 2.88. The highest BCUT2D eigenvalue weighted by Crippen LogP contribution is 2.10. The lowest BCUT2D eigenvalue weighted by molar-refractivity contribution is 0.384. The molecule has 3 nitrogen and oxygen atoms in total. The molecule has 1 aromatic heterocycles. The number of hydrogen-bond donors (Lipinski definition) is 1. The molecule has 0 bridgehead atoms. The van der Waals surface area contributed by atoms with E-state index in [1.807, 2.05) is 11.6 Å². The summed E-state index contributed by atoms with van der Waals surface area (Å²) in [6.45, 7) is 7.44. The average Bonchev–Trinajstić information content (AvgIpc) is 2.55. The minimum absolute atomic E-state index is 0.505. The SMILES string of the molecule is CCC(C)C(C)NCc1ncc(Cl)n1C. The fourth-order valence-corrected chi connectivity index (χ4v) is 1.54. The Hall–Kier alpha value is -0.540. The zero-order valence-corrected chi connectivity index (χ0v) is 10.7. The number of hydrogen-bond acceptors (Lipinski definition) is 2. The van der Waals surface area contributed by atoms with Crippen molar-refractivity contribution in [3.05, 3.63) is 17.2 Å². The van der Waals surface area contributed by atoms with E-state index >= 15 is 0 Å². The normalized spacial score (nSPS) is 15.3. The van der Waals surface area contributed by atoms with E-state index in [0.29, 0.717) is 17.1 Å². The van der Waals surface area contributed by atoms with Gasteiger partial charge in [0.1, 0.15) is 11.0 Å². The molecule has 2 unspecified atom stereocenters. The Labute approximate surface area is 96.8 Å². The maximum atomic E-state index is 5.91. The van der Waals surface area contributed by atoms with Gasteiger partial charge in [-0.2, -0.15) is 0 Å². The van der Waals surface area contributed by atoms with Crippen LogP contribution < -0.4 is 5.32 Å². The van der Waals surface area contributed by atoms with Crippen LogP contribution in [0.1, 0.15) is 33.0 Å².